The third kappa shape index (κ3) is 6.43. The predicted octanol–water partition coefficient (Wildman–Crippen LogP) is 4.85. The first kappa shape index (κ1) is 30.3. The molecule has 9 nitrogen and oxygen atoms in total. The van der Waals surface area contributed by atoms with Crippen molar-refractivity contribution in [2.24, 2.45) is 4.99 Å². The average Bonchev–Trinajstić information content (AvgIpc) is 3.31. The Hall–Kier alpha value is -4.19. The molecule has 1 amide bonds. The van der Waals surface area contributed by atoms with Gasteiger partial charge < -0.3 is 19.5 Å². The summed E-state index contributed by atoms with van der Waals surface area (Å²) in [5.41, 5.74) is 2.47. The average molecular weight is 683 g/mol. The number of amides is 1. The van der Waals surface area contributed by atoms with E-state index in [0.29, 0.717) is 48.4 Å². The minimum absolute atomic E-state index is 0.261. The lowest BCUT2D eigenvalue weighted by Gasteiger charge is -2.24. The highest BCUT2D eigenvalue weighted by atomic mass is 79.9. The van der Waals surface area contributed by atoms with Crippen molar-refractivity contribution in [3.8, 4) is 11.5 Å². The van der Waals surface area contributed by atoms with Crippen molar-refractivity contribution in [2.75, 3.05) is 26.1 Å². The summed E-state index contributed by atoms with van der Waals surface area (Å²) in [4.78, 5) is 44.0. The molecule has 0 aliphatic carbocycles. The first-order valence-corrected chi connectivity index (χ1v) is 14.9. The summed E-state index contributed by atoms with van der Waals surface area (Å²) in [6.07, 6.45) is 1.72. The van der Waals surface area contributed by atoms with Crippen LogP contribution >= 0.6 is 38.9 Å². The van der Waals surface area contributed by atoms with Gasteiger partial charge >= 0.3 is 5.97 Å². The molecular weight excluding hydrogens is 658 g/mol. The number of carbonyl (C=O) groups is 2. The van der Waals surface area contributed by atoms with Crippen LogP contribution in [0.3, 0.4) is 0 Å². The Bertz CT molecular complexity index is 1940. The number of methoxy groups -OCH3 is 2. The van der Waals surface area contributed by atoms with Crippen molar-refractivity contribution in [1.82, 2.24) is 4.57 Å². The van der Waals surface area contributed by atoms with Gasteiger partial charge in [0.25, 0.3) is 11.5 Å². The molecule has 0 fully saturated rings. The lowest BCUT2D eigenvalue weighted by Crippen LogP contribution is -2.39. The Morgan fingerprint density at radius 1 is 1.09 bits per heavy atom. The molecule has 5 rings (SSSR count). The molecule has 1 atom stereocenters. The molecule has 43 heavy (non-hydrogen) atoms. The highest BCUT2D eigenvalue weighted by molar-refractivity contribution is 9.10. The van der Waals surface area contributed by atoms with Crippen LogP contribution < -0.4 is 29.7 Å². The molecule has 1 aromatic heterocycles. The van der Waals surface area contributed by atoms with Gasteiger partial charge in [0.1, 0.15) is 0 Å². The number of allylic oxidation sites excluding steroid dienone is 1. The van der Waals surface area contributed by atoms with E-state index in [1.807, 2.05) is 30.3 Å². The molecule has 0 bridgehead atoms. The minimum Gasteiger partial charge on any atom is -0.493 e. The van der Waals surface area contributed by atoms with Gasteiger partial charge in [0.05, 0.1) is 41.1 Å². The molecule has 220 valence electrons. The fraction of sp³-hybridized carbons (Fsp3) is 0.161. The van der Waals surface area contributed by atoms with Gasteiger partial charge in [-0.1, -0.05) is 59.3 Å². The van der Waals surface area contributed by atoms with Crippen LogP contribution in [0.2, 0.25) is 5.02 Å². The maximum Gasteiger partial charge on any atom is 0.338 e. The molecule has 12 heteroatoms. The highest BCUT2D eigenvalue weighted by Gasteiger charge is 2.32. The second kappa shape index (κ2) is 13.0. The van der Waals surface area contributed by atoms with Crippen molar-refractivity contribution in [3.05, 3.63) is 118 Å². The van der Waals surface area contributed by atoms with Gasteiger partial charge in [0.2, 0.25) is 0 Å². The van der Waals surface area contributed by atoms with E-state index < -0.39 is 12.0 Å². The maximum atomic E-state index is 13.7. The van der Waals surface area contributed by atoms with E-state index in [-0.39, 0.29) is 18.1 Å². The molecule has 0 unspecified atom stereocenters. The van der Waals surface area contributed by atoms with Crippen LogP contribution in [-0.4, -0.2) is 37.3 Å². The summed E-state index contributed by atoms with van der Waals surface area (Å²) < 4.78 is 18.9. The molecule has 0 spiro atoms. The van der Waals surface area contributed by atoms with Gasteiger partial charge in [-0.15, -0.1) is 0 Å². The largest absolute Gasteiger partial charge is 0.493 e. The van der Waals surface area contributed by atoms with E-state index in [9.17, 15) is 14.4 Å². The van der Waals surface area contributed by atoms with E-state index in [1.54, 1.807) is 49.4 Å². The van der Waals surface area contributed by atoms with E-state index in [4.69, 9.17) is 25.8 Å². The third-order valence-corrected chi connectivity index (χ3v) is 8.81. The van der Waals surface area contributed by atoms with Gasteiger partial charge in [-0.3, -0.25) is 14.2 Å². The number of hydrogen-bond donors (Lipinski definition) is 1. The van der Waals surface area contributed by atoms with E-state index in [1.165, 1.54) is 30.1 Å². The van der Waals surface area contributed by atoms with E-state index in [0.717, 1.165) is 10.0 Å². The Labute approximate surface area is 263 Å². The molecule has 0 saturated carbocycles. The first-order valence-electron chi connectivity index (χ1n) is 12.9. The molecule has 1 N–H and O–H groups in total. The van der Waals surface area contributed by atoms with Crippen LogP contribution in [-0.2, 0) is 14.3 Å². The monoisotopic (exact) mass is 681 g/mol. The number of thiazole rings is 1. The maximum absolute atomic E-state index is 13.7. The third-order valence-electron chi connectivity index (χ3n) is 6.59. The second-order valence-corrected chi connectivity index (χ2v) is 11.6. The van der Waals surface area contributed by atoms with Crippen LogP contribution in [0.15, 0.2) is 92.3 Å². The summed E-state index contributed by atoms with van der Waals surface area (Å²) >= 11 is 10.6. The SMILES string of the molecule is COC(=O)C1=C(C)N=c2s/c(=C\c3ccc(OCC(=O)Nc4ccc(Br)c(Cl)c4)c(OC)c3)c(=O)n2[C@H]1c1ccccc1. The Kier molecular flexibility index (Phi) is 9.14. The number of aromatic nitrogens is 1. The standard InChI is InChI=1S/C31H25BrClN3O6S/c1-17-27(30(39)41-3)28(19-7-5-4-6-8-19)36-29(38)25(43-31(36)34-17)14-18-9-12-23(24(13-18)40-2)42-16-26(37)35-20-10-11-21(32)22(33)15-20/h4-15,28H,16H2,1-3H3,(H,35,37)/b25-14-/t28-/m0/s1. The Morgan fingerprint density at radius 2 is 1.86 bits per heavy atom. The van der Waals surface area contributed by atoms with Crippen LogP contribution in [0.5, 0.6) is 11.5 Å². The fourth-order valence-electron chi connectivity index (χ4n) is 4.60. The number of benzene rings is 3. The number of halogens is 2. The fourth-order valence-corrected chi connectivity index (χ4v) is 6.08. The Balaban J connectivity index is 1.43. The summed E-state index contributed by atoms with van der Waals surface area (Å²) in [6, 6.07) is 18.8. The summed E-state index contributed by atoms with van der Waals surface area (Å²) in [5, 5.41) is 3.20. The van der Waals surface area contributed by atoms with Crippen molar-refractivity contribution in [3.63, 3.8) is 0 Å². The lowest BCUT2D eigenvalue weighted by molar-refractivity contribution is -0.136. The van der Waals surface area contributed by atoms with Gasteiger partial charge in [0.15, 0.2) is 22.9 Å². The van der Waals surface area contributed by atoms with Crippen LogP contribution in [0.4, 0.5) is 5.69 Å². The van der Waals surface area contributed by atoms with Crippen molar-refractivity contribution in [2.45, 2.75) is 13.0 Å². The van der Waals surface area contributed by atoms with Gasteiger partial charge in [-0.2, -0.15) is 0 Å². The smallest absolute Gasteiger partial charge is 0.338 e. The van der Waals surface area contributed by atoms with Crippen molar-refractivity contribution < 1.29 is 23.8 Å². The molecule has 3 aromatic carbocycles. The molecule has 2 heterocycles. The number of fused-ring (bicyclic) bond motifs is 1. The van der Waals surface area contributed by atoms with Crippen LogP contribution in [0.25, 0.3) is 6.08 Å². The topological polar surface area (TPSA) is 108 Å². The number of rotatable bonds is 8. The number of nitrogens with one attached hydrogen (secondary N) is 1. The van der Waals surface area contributed by atoms with Crippen LogP contribution in [0.1, 0.15) is 24.1 Å². The van der Waals surface area contributed by atoms with Gasteiger partial charge in [-0.05, 0) is 70.4 Å². The summed E-state index contributed by atoms with van der Waals surface area (Å²) in [6.45, 7) is 1.47. The number of anilines is 1. The number of hydrogen-bond acceptors (Lipinski definition) is 8. The van der Waals surface area contributed by atoms with E-state index >= 15 is 0 Å². The van der Waals surface area contributed by atoms with Crippen molar-refractivity contribution >= 4 is 62.5 Å². The highest BCUT2D eigenvalue weighted by Crippen LogP contribution is 2.31. The minimum atomic E-state index is -0.683. The van der Waals surface area contributed by atoms with Crippen molar-refractivity contribution in [1.29, 1.82) is 0 Å². The first-order chi connectivity index (χ1) is 20.7. The molecule has 1 aliphatic heterocycles. The lowest BCUT2D eigenvalue weighted by atomic mass is 9.96. The molecule has 4 aromatic rings. The zero-order chi connectivity index (χ0) is 30.7. The quantitative estimate of drug-likeness (QED) is 0.267. The van der Waals surface area contributed by atoms with E-state index in [2.05, 4.69) is 26.2 Å². The normalized spacial score (nSPS) is 14.5. The molecule has 0 saturated heterocycles. The predicted molar refractivity (Wildman–Crippen MR) is 168 cm³/mol. The summed E-state index contributed by atoms with van der Waals surface area (Å²) in [5.74, 6) is -0.182. The summed E-state index contributed by atoms with van der Waals surface area (Å²) in [7, 11) is 2.79. The molecule has 1 aliphatic rings. The molecular formula is C31H25BrClN3O6S. The van der Waals surface area contributed by atoms with Crippen LogP contribution in [0, 0.1) is 0 Å². The number of esters is 1. The second-order valence-electron chi connectivity index (χ2n) is 9.36. The van der Waals surface area contributed by atoms with Gasteiger partial charge in [0, 0.05) is 10.2 Å². The number of nitrogens with zero attached hydrogens (tertiary/aromatic N) is 2. The number of carbonyl (C=O) groups excluding carboxylic acids is 2. The number of ether oxygens (including phenoxy) is 3. The zero-order valence-electron chi connectivity index (χ0n) is 23.2. The zero-order valence-corrected chi connectivity index (χ0v) is 26.4. The van der Waals surface area contributed by atoms with Gasteiger partial charge in [-0.25, -0.2) is 9.79 Å². The Morgan fingerprint density at radius 3 is 2.56 bits per heavy atom. The molecule has 0 radical (unpaired) electrons.